The van der Waals surface area contributed by atoms with E-state index in [0.29, 0.717) is 12.1 Å². The van der Waals surface area contributed by atoms with E-state index in [1.807, 2.05) is 0 Å². The maximum Gasteiger partial charge on any atom is 0.184 e. The highest BCUT2D eigenvalue weighted by Crippen LogP contribution is 2.04. The first-order chi connectivity index (χ1) is 6.49. The molecule has 14 heavy (non-hydrogen) atoms. The topological polar surface area (TPSA) is 77.0 Å². The molecule has 0 saturated heterocycles. The van der Waals surface area contributed by atoms with Crippen molar-refractivity contribution in [3.63, 3.8) is 0 Å². The van der Waals surface area contributed by atoms with Crippen molar-refractivity contribution < 1.29 is 13.2 Å². The van der Waals surface area contributed by atoms with Gasteiger partial charge < -0.3 is 0 Å². The van der Waals surface area contributed by atoms with Crippen molar-refractivity contribution in [1.29, 1.82) is 0 Å². The van der Waals surface area contributed by atoms with Crippen LogP contribution in [0, 0.1) is 0 Å². The molecule has 0 radical (unpaired) electrons. The standard InChI is InChI=1S/C7H10N2O3S2/c1-14(11,12)4-2-3-7(10)6-5-13-9-8-6/h5H,2-4H2,1H3. The van der Waals surface area contributed by atoms with Crippen LogP contribution in [-0.2, 0) is 9.84 Å². The van der Waals surface area contributed by atoms with Crippen LogP contribution in [0.25, 0.3) is 0 Å². The Hall–Kier alpha value is -0.820. The van der Waals surface area contributed by atoms with Gasteiger partial charge in [0.2, 0.25) is 0 Å². The molecule has 0 unspecified atom stereocenters. The molecule has 1 heterocycles. The molecule has 0 saturated carbocycles. The van der Waals surface area contributed by atoms with Crippen molar-refractivity contribution >= 4 is 27.2 Å². The molecule has 0 bridgehead atoms. The average molecular weight is 234 g/mol. The zero-order valence-corrected chi connectivity index (χ0v) is 9.27. The Morgan fingerprint density at radius 2 is 2.29 bits per heavy atom. The second-order valence-corrected chi connectivity index (χ2v) is 5.82. The van der Waals surface area contributed by atoms with Crippen LogP contribution in [0.15, 0.2) is 5.38 Å². The lowest BCUT2D eigenvalue weighted by Crippen LogP contribution is -2.06. The number of carbonyl (C=O) groups excluding carboxylic acids is 1. The maximum absolute atomic E-state index is 11.3. The Bertz CT molecular complexity index is 397. The van der Waals surface area contributed by atoms with E-state index in [4.69, 9.17) is 0 Å². The molecule has 0 aromatic carbocycles. The molecule has 0 amide bonds. The van der Waals surface area contributed by atoms with Crippen molar-refractivity contribution in [3.8, 4) is 0 Å². The minimum absolute atomic E-state index is 0.0380. The Morgan fingerprint density at radius 3 is 2.79 bits per heavy atom. The van der Waals surface area contributed by atoms with Gasteiger partial charge in [0.05, 0.1) is 5.75 Å². The summed E-state index contributed by atoms with van der Waals surface area (Å²) in [7, 11) is -2.97. The normalized spacial score (nSPS) is 11.5. The van der Waals surface area contributed by atoms with Gasteiger partial charge in [-0.05, 0) is 18.0 Å². The highest BCUT2D eigenvalue weighted by atomic mass is 32.2. The smallest absolute Gasteiger partial charge is 0.184 e. The highest BCUT2D eigenvalue weighted by molar-refractivity contribution is 7.90. The Kier molecular flexibility index (Phi) is 3.70. The van der Waals surface area contributed by atoms with Crippen LogP contribution >= 0.6 is 11.5 Å². The number of aromatic nitrogens is 2. The molecule has 7 heteroatoms. The SMILES string of the molecule is CS(=O)(=O)CCCC(=O)c1csnn1. The lowest BCUT2D eigenvalue weighted by Gasteiger charge is -1.96. The summed E-state index contributed by atoms with van der Waals surface area (Å²) in [6.45, 7) is 0. The summed E-state index contributed by atoms with van der Waals surface area (Å²) >= 11 is 1.11. The molecule has 1 aromatic heterocycles. The van der Waals surface area contributed by atoms with Gasteiger partial charge >= 0.3 is 0 Å². The van der Waals surface area contributed by atoms with E-state index in [1.54, 1.807) is 5.38 Å². The molecule has 0 aliphatic heterocycles. The minimum atomic E-state index is -2.97. The number of hydrogen-bond donors (Lipinski definition) is 0. The monoisotopic (exact) mass is 234 g/mol. The van der Waals surface area contributed by atoms with Crippen molar-refractivity contribution in [3.05, 3.63) is 11.1 Å². The molecule has 0 aliphatic carbocycles. The average Bonchev–Trinajstić information content (AvgIpc) is 2.53. The molecule has 1 aromatic rings. The number of Topliss-reactive ketones (excluding diaryl/α,β-unsaturated/α-hetero) is 1. The van der Waals surface area contributed by atoms with E-state index in [-0.39, 0.29) is 18.0 Å². The molecule has 0 fully saturated rings. The summed E-state index contributed by atoms with van der Waals surface area (Å²) in [6, 6.07) is 0. The number of carbonyl (C=O) groups is 1. The largest absolute Gasteiger partial charge is 0.292 e. The summed E-state index contributed by atoms with van der Waals surface area (Å²) in [5.41, 5.74) is 0.323. The third-order valence-electron chi connectivity index (χ3n) is 1.56. The van der Waals surface area contributed by atoms with Crippen LogP contribution in [0.2, 0.25) is 0 Å². The van der Waals surface area contributed by atoms with E-state index < -0.39 is 9.84 Å². The summed E-state index contributed by atoms with van der Waals surface area (Å²) in [5, 5.41) is 5.16. The van der Waals surface area contributed by atoms with E-state index >= 15 is 0 Å². The molecule has 78 valence electrons. The number of hydrogen-bond acceptors (Lipinski definition) is 6. The molecule has 0 N–H and O–H groups in total. The zero-order valence-electron chi connectivity index (χ0n) is 7.63. The molecule has 0 aliphatic rings. The molecule has 0 spiro atoms. The summed E-state index contributed by atoms with van der Waals surface area (Å²) in [4.78, 5) is 11.3. The van der Waals surface area contributed by atoms with Crippen LogP contribution in [0.3, 0.4) is 0 Å². The first-order valence-electron chi connectivity index (χ1n) is 3.97. The zero-order chi connectivity index (χ0) is 10.6. The van der Waals surface area contributed by atoms with Gasteiger partial charge in [-0.3, -0.25) is 4.79 Å². The van der Waals surface area contributed by atoms with Crippen LogP contribution in [0.4, 0.5) is 0 Å². The van der Waals surface area contributed by atoms with Gasteiger partial charge in [0.1, 0.15) is 15.5 Å². The highest BCUT2D eigenvalue weighted by Gasteiger charge is 2.10. The summed E-state index contributed by atoms with van der Waals surface area (Å²) in [6.07, 6.45) is 1.70. The fourth-order valence-corrected chi connectivity index (χ4v) is 2.04. The molecule has 0 atom stereocenters. The lowest BCUT2D eigenvalue weighted by atomic mass is 10.2. The van der Waals surface area contributed by atoms with Gasteiger partial charge in [-0.1, -0.05) is 4.49 Å². The Morgan fingerprint density at radius 1 is 1.57 bits per heavy atom. The second-order valence-electron chi connectivity index (χ2n) is 2.95. The Balaban J connectivity index is 2.37. The van der Waals surface area contributed by atoms with Crippen molar-refractivity contribution in [2.24, 2.45) is 0 Å². The molecular weight excluding hydrogens is 224 g/mol. The minimum Gasteiger partial charge on any atom is -0.292 e. The maximum atomic E-state index is 11.3. The second kappa shape index (κ2) is 4.61. The van der Waals surface area contributed by atoms with Gasteiger partial charge in [-0.25, -0.2) is 8.42 Å². The van der Waals surface area contributed by atoms with Crippen LogP contribution in [0.5, 0.6) is 0 Å². The number of sulfone groups is 1. The van der Waals surface area contributed by atoms with Gasteiger partial charge in [-0.15, -0.1) is 5.10 Å². The van der Waals surface area contributed by atoms with E-state index in [2.05, 4.69) is 9.59 Å². The summed E-state index contributed by atoms with van der Waals surface area (Å²) < 4.78 is 25.1. The van der Waals surface area contributed by atoms with Gasteiger partial charge in [0.15, 0.2) is 5.78 Å². The van der Waals surface area contributed by atoms with Crippen LogP contribution in [0.1, 0.15) is 23.3 Å². The third-order valence-corrected chi connectivity index (χ3v) is 3.10. The predicted octanol–water partition coefficient (Wildman–Crippen LogP) is 0.546. The van der Waals surface area contributed by atoms with E-state index in [0.717, 1.165) is 17.8 Å². The summed E-state index contributed by atoms with van der Waals surface area (Å²) in [5.74, 6) is -0.113. The van der Waals surface area contributed by atoms with Gasteiger partial charge in [0, 0.05) is 18.1 Å². The lowest BCUT2D eigenvalue weighted by molar-refractivity contribution is 0.0977. The third kappa shape index (κ3) is 3.93. The van der Waals surface area contributed by atoms with Crippen LogP contribution < -0.4 is 0 Å². The number of ketones is 1. The number of nitrogens with zero attached hydrogens (tertiary/aromatic N) is 2. The first kappa shape index (κ1) is 11.3. The first-order valence-corrected chi connectivity index (χ1v) is 6.87. The van der Waals surface area contributed by atoms with E-state index in [1.165, 1.54) is 0 Å². The quantitative estimate of drug-likeness (QED) is 0.695. The van der Waals surface area contributed by atoms with E-state index in [9.17, 15) is 13.2 Å². The predicted molar refractivity (Wildman–Crippen MR) is 53.2 cm³/mol. The fraction of sp³-hybridized carbons (Fsp3) is 0.571. The Labute approximate surface area is 86.2 Å². The van der Waals surface area contributed by atoms with Gasteiger partial charge in [-0.2, -0.15) is 0 Å². The molecular formula is C7H10N2O3S2. The van der Waals surface area contributed by atoms with Crippen molar-refractivity contribution in [2.75, 3.05) is 12.0 Å². The van der Waals surface area contributed by atoms with Crippen molar-refractivity contribution in [1.82, 2.24) is 9.59 Å². The van der Waals surface area contributed by atoms with Crippen molar-refractivity contribution in [2.45, 2.75) is 12.8 Å². The fourth-order valence-electron chi connectivity index (χ4n) is 0.909. The number of rotatable bonds is 5. The van der Waals surface area contributed by atoms with Crippen LogP contribution in [-0.4, -0.2) is 35.8 Å². The molecule has 1 rings (SSSR count). The van der Waals surface area contributed by atoms with Gasteiger partial charge in [0.25, 0.3) is 0 Å². The molecule has 5 nitrogen and oxygen atoms in total.